The van der Waals surface area contributed by atoms with Crippen molar-refractivity contribution in [1.29, 1.82) is 0 Å². The first-order valence-electron chi connectivity index (χ1n) is 6.25. The van der Waals surface area contributed by atoms with E-state index in [0.29, 0.717) is 6.04 Å². The second kappa shape index (κ2) is 6.77. The van der Waals surface area contributed by atoms with Crippen LogP contribution in [0.25, 0.3) is 0 Å². The Morgan fingerprint density at radius 3 is 2.59 bits per heavy atom. The molecule has 1 unspecified atom stereocenters. The molecular weight excluding hydrogens is 214 g/mol. The van der Waals surface area contributed by atoms with Crippen molar-refractivity contribution in [3.05, 3.63) is 17.0 Å². The Kier molecular flexibility index (Phi) is 5.65. The summed E-state index contributed by atoms with van der Waals surface area (Å²) in [5, 5.41) is 7.84. The number of hydrogen-bond donors (Lipinski definition) is 1. The van der Waals surface area contributed by atoms with Gasteiger partial charge in [0.15, 0.2) is 0 Å². The van der Waals surface area contributed by atoms with Gasteiger partial charge in [-0.2, -0.15) is 5.10 Å². The number of methoxy groups -OCH3 is 1. The van der Waals surface area contributed by atoms with E-state index in [4.69, 9.17) is 4.74 Å². The first-order chi connectivity index (χ1) is 8.10. The number of rotatable bonds is 7. The maximum atomic E-state index is 5.09. The standard InChI is InChI=1S/C13H25N3O/c1-10-13(11(2)16(4)15-10)9-12(14-3)7-6-8-17-5/h12,14H,6-9H2,1-5H3. The molecule has 4 heteroatoms. The number of nitrogens with zero attached hydrogens (tertiary/aromatic N) is 2. The van der Waals surface area contributed by atoms with Crippen molar-refractivity contribution in [2.75, 3.05) is 20.8 Å². The Morgan fingerprint density at radius 1 is 1.41 bits per heavy atom. The van der Waals surface area contributed by atoms with Gasteiger partial charge in [0.2, 0.25) is 0 Å². The highest BCUT2D eigenvalue weighted by Gasteiger charge is 2.14. The Balaban J connectivity index is 2.60. The molecule has 0 spiro atoms. The molecule has 0 aliphatic rings. The van der Waals surface area contributed by atoms with E-state index in [2.05, 4.69) is 24.3 Å². The second-order valence-electron chi connectivity index (χ2n) is 4.60. The highest BCUT2D eigenvalue weighted by atomic mass is 16.5. The molecule has 0 radical (unpaired) electrons. The summed E-state index contributed by atoms with van der Waals surface area (Å²) in [5.41, 5.74) is 3.80. The molecular formula is C13H25N3O. The Bertz CT molecular complexity index is 347. The van der Waals surface area contributed by atoms with Crippen LogP contribution in [0.2, 0.25) is 0 Å². The first kappa shape index (κ1) is 14.2. The van der Waals surface area contributed by atoms with Gasteiger partial charge >= 0.3 is 0 Å². The third-order valence-electron chi connectivity index (χ3n) is 3.42. The number of nitrogens with one attached hydrogen (secondary N) is 1. The summed E-state index contributed by atoms with van der Waals surface area (Å²) >= 11 is 0. The van der Waals surface area contributed by atoms with Crippen LogP contribution < -0.4 is 5.32 Å². The summed E-state index contributed by atoms with van der Waals surface area (Å²) in [5.74, 6) is 0. The van der Waals surface area contributed by atoms with Gasteiger partial charge < -0.3 is 10.1 Å². The van der Waals surface area contributed by atoms with Crippen LogP contribution in [0.15, 0.2) is 0 Å². The SMILES string of the molecule is CNC(CCCOC)Cc1c(C)nn(C)c1C. The fraction of sp³-hybridized carbons (Fsp3) is 0.769. The summed E-state index contributed by atoms with van der Waals surface area (Å²) < 4.78 is 7.06. The van der Waals surface area contributed by atoms with Crippen LogP contribution in [-0.2, 0) is 18.2 Å². The molecule has 4 nitrogen and oxygen atoms in total. The summed E-state index contributed by atoms with van der Waals surface area (Å²) in [4.78, 5) is 0. The number of aryl methyl sites for hydroxylation is 2. The topological polar surface area (TPSA) is 39.1 Å². The summed E-state index contributed by atoms with van der Waals surface area (Å²) in [6.07, 6.45) is 3.28. The monoisotopic (exact) mass is 239 g/mol. The summed E-state index contributed by atoms with van der Waals surface area (Å²) in [6, 6.07) is 0.506. The van der Waals surface area contributed by atoms with Crippen molar-refractivity contribution in [1.82, 2.24) is 15.1 Å². The molecule has 0 bridgehead atoms. The molecule has 0 aliphatic heterocycles. The summed E-state index contributed by atoms with van der Waals surface area (Å²) in [6.45, 7) is 5.06. The van der Waals surface area contributed by atoms with E-state index < -0.39 is 0 Å². The van der Waals surface area contributed by atoms with Crippen LogP contribution in [0.4, 0.5) is 0 Å². The number of hydrogen-bond acceptors (Lipinski definition) is 3. The number of likely N-dealkylation sites (N-methyl/N-ethyl adjacent to an activating group) is 1. The van der Waals surface area contributed by atoms with E-state index in [1.165, 1.54) is 11.3 Å². The zero-order valence-corrected chi connectivity index (χ0v) is 11.7. The van der Waals surface area contributed by atoms with Crippen molar-refractivity contribution >= 4 is 0 Å². The molecule has 1 aromatic heterocycles. The van der Waals surface area contributed by atoms with Crippen molar-refractivity contribution in [2.24, 2.45) is 7.05 Å². The average molecular weight is 239 g/mol. The molecule has 1 rings (SSSR count). The molecule has 0 saturated carbocycles. The van der Waals surface area contributed by atoms with E-state index in [1.54, 1.807) is 7.11 Å². The van der Waals surface area contributed by atoms with Gasteiger partial charge in [0.1, 0.15) is 0 Å². The van der Waals surface area contributed by atoms with Crippen molar-refractivity contribution < 1.29 is 4.74 Å². The maximum Gasteiger partial charge on any atom is 0.0628 e. The van der Waals surface area contributed by atoms with Gasteiger partial charge in [-0.25, -0.2) is 0 Å². The fourth-order valence-corrected chi connectivity index (χ4v) is 2.18. The largest absolute Gasteiger partial charge is 0.385 e. The molecule has 0 fully saturated rings. The van der Waals surface area contributed by atoms with Gasteiger partial charge in [-0.05, 0) is 45.7 Å². The number of aromatic nitrogens is 2. The van der Waals surface area contributed by atoms with Gasteiger partial charge in [-0.1, -0.05) is 0 Å². The highest BCUT2D eigenvalue weighted by molar-refractivity contribution is 5.25. The molecule has 1 atom stereocenters. The van der Waals surface area contributed by atoms with E-state index >= 15 is 0 Å². The predicted octanol–water partition coefficient (Wildman–Crippen LogP) is 1.59. The van der Waals surface area contributed by atoms with Gasteiger partial charge in [0.25, 0.3) is 0 Å². The molecule has 17 heavy (non-hydrogen) atoms. The van der Waals surface area contributed by atoms with Crippen molar-refractivity contribution in [2.45, 2.75) is 39.2 Å². The summed E-state index contributed by atoms with van der Waals surface area (Å²) in [7, 11) is 5.79. The Morgan fingerprint density at radius 2 is 2.12 bits per heavy atom. The Hall–Kier alpha value is -0.870. The quantitative estimate of drug-likeness (QED) is 0.735. The zero-order chi connectivity index (χ0) is 12.8. The lowest BCUT2D eigenvalue weighted by molar-refractivity contribution is 0.189. The number of ether oxygens (including phenoxy) is 1. The lowest BCUT2D eigenvalue weighted by Crippen LogP contribution is -2.28. The lowest BCUT2D eigenvalue weighted by Gasteiger charge is -2.16. The van der Waals surface area contributed by atoms with Gasteiger partial charge in [0, 0.05) is 32.5 Å². The second-order valence-corrected chi connectivity index (χ2v) is 4.60. The normalized spacial score (nSPS) is 13.0. The minimum Gasteiger partial charge on any atom is -0.385 e. The van der Waals surface area contributed by atoms with E-state index in [-0.39, 0.29) is 0 Å². The molecule has 1 heterocycles. The molecule has 0 aliphatic carbocycles. The minimum atomic E-state index is 0.506. The molecule has 0 saturated heterocycles. The minimum absolute atomic E-state index is 0.506. The van der Waals surface area contributed by atoms with Crippen LogP contribution in [0.1, 0.15) is 29.8 Å². The molecule has 1 N–H and O–H groups in total. The highest BCUT2D eigenvalue weighted by Crippen LogP contribution is 2.15. The van der Waals surface area contributed by atoms with Gasteiger partial charge in [0.05, 0.1) is 5.69 Å². The van der Waals surface area contributed by atoms with E-state index in [9.17, 15) is 0 Å². The van der Waals surface area contributed by atoms with Crippen LogP contribution in [0.5, 0.6) is 0 Å². The average Bonchev–Trinajstić information content (AvgIpc) is 2.54. The van der Waals surface area contributed by atoms with Crippen LogP contribution in [-0.4, -0.2) is 36.6 Å². The fourth-order valence-electron chi connectivity index (χ4n) is 2.18. The predicted molar refractivity (Wildman–Crippen MR) is 70.3 cm³/mol. The van der Waals surface area contributed by atoms with Crippen LogP contribution in [0, 0.1) is 13.8 Å². The third kappa shape index (κ3) is 3.82. The van der Waals surface area contributed by atoms with E-state index in [1.807, 2.05) is 18.8 Å². The first-order valence-corrected chi connectivity index (χ1v) is 6.25. The third-order valence-corrected chi connectivity index (χ3v) is 3.42. The molecule has 0 aromatic carbocycles. The molecule has 1 aromatic rings. The van der Waals surface area contributed by atoms with Crippen LogP contribution >= 0.6 is 0 Å². The van der Waals surface area contributed by atoms with Crippen LogP contribution in [0.3, 0.4) is 0 Å². The molecule has 98 valence electrons. The van der Waals surface area contributed by atoms with E-state index in [0.717, 1.165) is 31.6 Å². The van der Waals surface area contributed by atoms with Gasteiger partial charge in [-0.3, -0.25) is 4.68 Å². The smallest absolute Gasteiger partial charge is 0.0628 e. The lowest BCUT2D eigenvalue weighted by atomic mass is 10.0. The maximum absolute atomic E-state index is 5.09. The van der Waals surface area contributed by atoms with Gasteiger partial charge in [-0.15, -0.1) is 0 Å². The van der Waals surface area contributed by atoms with Crippen molar-refractivity contribution in [3.8, 4) is 0 Å². The zero-order valence-electron chi connectivity index (χ0n) is 11.7. The van der Waals surface area contributed by atoms with Crippen molar-refractivity contribution in [3.63, 3.8) is 0 Å². The Labute approximate surface area is 104 Å². The molecule has 0 amide bonds.